The first-order chi connectivity index (χ1) is 21.2. The summed E-state index contributed by atoms with van der Waals surface area (Å²) >= 11 is 0. The number of hydrogen-bond acceptors (Lipinski definition) is 0. The maximum Gasteiger partial charge on any atom is 0.0526 e. The van der Waals surface area contributed by atoms with E-state index in [0.29, 0.717) is 0 Å². The predicted octanol–water partition coefficient (Wildman–Crippen LogP) is 11.1. The van der Waals surface area contributed by atoms with Gasteiger partial charge in [0.2, 0.25) is 0 Å². The summed E-state index contributed by atoms with van der Waals surface area (Å²) in [5.74, 6) is 0.252. The van der Waals surface area contributed by atoms with Crippen molar-refractivity contribution < 1.29 is 0 Å². The van der Waals surface area contributed by atoms with Crippen LogP contribution in [0.25, 0.3) is 44.2 Å². The minimum absolute atomic E-state index is 0.252. The van der Waals surface area contributed by atoms with Gasteiger partial charge in [-0.15, -0.1) is 0 Å². The molecular formula is C43H34. The average molecular weight is 551 g/mol. The summed E-state index contributed by atoms with van der Waals surface area (Å²) in [7, 11) is 0. The van der Waals surface area contributed by atoms with Gasteiger partial charge >= 0.3 is 0 Å². The molecule has 1 spiro atoms. The molecule has 2 unspecified atom stereocenters. The molecule has 0 N–H and O–H groups in total. The summed E-state index contributed by atoms with van der Waals surface area (Å²) in [6.07, 6.45) is 10.1. The lowest BCUT2D eigenvalue weighted by Crippen LogP contribution is -2.34. The molecule has 0 radical (unpaired) electrons. The quantitative estimate of drug-likeness (QED) is 0.201. The van der Waals surface area contributed by atoms with Crippen molar-refractivity contribution in [3.8, 4) is 33.4 Å². The maximum atomic E-state index is 2.52. The summed E-state index contributed by atoms with van der Waals surface area (Å²) in [4.78, 5) is 0. The first kappa shape index (κ1) is 25.7. The molecule has 0 bridgehead atoms. The number of benzene rings is 6. The molecule has 8 rings (SSSR count). The van der Waals surface area contributed by atoms with Crippen LogP contribution in [0.1, 0.15) is 34.7 Å². The van der Waals surface area contributed by atoms with Crippen LogP contribution in [0.4, 0.5) is 0 Å². The predicted molar refractivity (Wildman–Crippen MR) is 182 cm³/mol. The summed E-state index contributed by atoms with van der Waals surface area (Å²) in [6, 6.07) is 47.9. The van der Waals surface area contributed by atoms with Crippen LogP contribution in [0.5, 0.6) is 0 Å². The molecule has 0 fully saturated rings. The minimum atomic E-state index is -0.290. The van der Waals surface area contributed by atoms with Crippen molar-refractivity contribution in [1.29, 1.82) is 0 Å². The van der Waals surface area contributed by atoms with Crippen LogP contribution in [-0.2, 0) is 11.8 Å². The molecule has 2 atom stereocenters. The van der Waals surface area contributed by atoms with E-state index in [2.05, 4.69) is 166 Å². The molecule has 43 heavy (non-hydrogen) atoms. The third-order valence-electron chi connectivity index (χ3n) is 9.78. The second kappa shape index (κ2) is 10.1. The summed E-state index contributed by atoms with van der Waals surface area (Å²) in [6.45, 7) is 4.56. The van der Waals surface area contributed by atoms with Crippen LogP contribution < -0.4 is 0 Å². The second-order valence-corrected chi connectivity index (χ2v) is 12.2. The van der Waals surface area contributed by atoms with E-state index in [4.69, 9.17) is 0 Å². The SMILES string of the molecule is Cc1ccc(-c2c(-c3ccc4c(c3)C3(c5ccccc5C/C=C\C=C/C3C)c3ccccc3-4)ccc3ccccc23)cc1. The molecule has 0 aromatic heterocycles. The van der Waals surface area contributed by atoms with Gasteiger partial charge in [-0.25, -0.2) is 0 Å². The zero-order valence-electron chi connectivity index (χ0n) is 24.7. The Morgan fingerprint density at radius 1 is 0.581 bits per heavy atom. The molecule has 0 heteroatoms. The van der Waals surface area contributed by atoms with Gasteiger partial charge in [0, 0.05) is 0 Å². The van der Waals surface area contributed by atoms with Crippen molar-refractivity contribution in [2.24, 2.45) is 5.92 Å². The molecule has 6 aromatic carbocycles. The summed E-state index contributed by atoms with van der Waals surface area (Å²) in [5.41, 5.74) is 14.4. The van der Waals surface area contributed by atoms with Crippen LogP contribution in [-0.4, -0.2) is 0 Å². The first-order valence-electron chi connectivity index (χ1n) is 15.4. The van der Waals surface area contributed by atoms with Crippen LogP contribution in [0.15, 0.2) is 152 Å². The topological polar surface area (TPSA) is 0 Å². The molecule has 206 valence electrons. The molecule has 2 aliphatic rings. The minimum Gasteiger partial charge on any atom is -0.0801 e. The van der Waals surface area contributed by atoms with Crippen molar-refractivity contribution in [2.75, 3.05) is 0 Å². The van der Waals surface area contributed by atoms with E-state index in [-0.39, 0.29) is 11.3 Å². The highest BCUT2D eigenvalue weighted by atomic mass is 14.5. The summed E-state index contributed by atoms with van der Waals surface area (Å²) < 4.78 is 0. The molecule has 6 aromatic rings. The molecular weight excluding hydrogens is 516 g/mol. The zero-order chi connectivity index (χ0) is 29.0. The molecule has 0 saturated heterocycles. The summed E-state index contributed by atoms with van der Waals surface area (Å²) in [5, 5.41) is 2.56. The molecule has 0 nitrogen and oxygen atoms in total. The Bertz CT molecular complexity index is 2070. The smallest absolute Gasteiger partial charge is 0.0526 e. The van der Waals surface area contributed by atoms with E-state index < -0.39 is 0 Å². The van der Waals surface area contributed by atoms with Gasteiger partial charge in [-0.2, -0.15) is 0 Å². The monoisotopic (exact) mass is 550 g/mol. The Labute approximate surface area is 254 Å². The number of allylic oxidation sites excluding steroid dienone is 4. The van der Waals surface area contributed by atoms with E-state index in [0.717, 1.165) is 6.42 Å². The molecule has 2 aliphatic carbocycles. The van der Waals surface area contributed by atoms with Gasteiger partial charge in [0.15, 0.2) is 0 Å². The Hall–Kier alpha value is -4.94. The van der Waals surface area contributed by atoms with Gasteiger partial charge in [0.05, 0.1) is 5.41 Å². The Kier molecular flexibility index (Phi) is 6.05. The molecule has 0 saturated carbocycles. The van der Waals surface area contributed by atoms with Crippen molar-refractivity contribution in [3.05, 3.63) is 180 Å². The maximum absolute atomic E-state index is 2.52. The highest BCUT2D eigenvalue weighted by Crippen LogP contribution is 2.58. The lowest BCUT2D eigenvalue weighted by Gasteiger charge is -2.39. The van der Waals surface area contributed by atoms with Crippen LogP contribution in [0.2, 0.25) is 0 Å². The number of rotatable bonds is 2. The second-order valence-electron chi connectivity index (χ2n) is 12.2. The molecule has 0 heterocycles. The van der Waals surface area contributed by atoms with Crippen molar-refractivity contribution in [3.63, 3.8) is 0 Å². The molecule has 0 aliphatic heterocycles. The van der Waals surface area contributed by atoms with Gasteiger partial charge in [-0.05, 0) is 91.7 Å². The standard InChI is InChI=1S/C43H34/c1-29-20-22-33(23-21-29)42-35-16-8-6-13-31(35)24-26-36(42)34-25-27-38-37-17-9-11-19-40(37)43(41(38)28-34)30(2)12-4-3-5-14-32-15-7-10-18-39(32)43/h3-13,15-28,30H,14H2,1-2H3/b5-3-,12-4-. The molecule has 0 amide bonds. The Morgan fingerprint density at radius 3 is 2.16 bits per heavy atom. The third kappa shape index (κ3) is 3.90. The normalized spacial score (nSPS) is 20.0. The lowest BCUT2D eigenvalue weighted by atomic mass is 9.63. The van der Waals surface area contributed by atoms with E-state index >= 15 is 0 Å². The van der Waals surface area contributed by atoms with Crippen molar-refractivity contribution in [2.45, 2.75) is 25.7 Å². The highest BCUT2D eigenvalue weighted by molar-refractivity contribution is 6.04. The number of hydrogen-bond donors (Lipinski definition) is 0. The van der Waals surface area contributed by atoms with Crippen LogP contribution >= 0.6 is 0 Å². The number of fused-ring (bicyclic) bond motifs is 8. The van der Waals surface area contributed by atoms with Gasteiger partial charge in [0.25, 0.3) is 0 Å². The van der Waals surface area contributed by atoms with E-state index in [9.17, 15) is 0 Å². The van der Waals surface area contributed by atoms with Crippen molar-refractivity contribution in [1.82, 2.24) is 0 Å². The third-order valence-corrected chi connectivity index (χ3v) is 9.78. The first-order valence-corrected chi connectivity index (χ1v) is 15.4. The zero-order valence-corrected chi connectivity index (χ0v) is 24.7. The van der Waals surface area contributed by atoms with Gasteiger partial charge in [0.1, 0.15) is 0 Å². The lowest BCUT2D eigenvalue weighted by molar-refractivity contribution is 0.490. The van der Waals surface area contributed by atoms with E-state index in [1.54, 1.807) is 0 Å². The van der Waals surface area contributed by atoms with E-state index in [1.165, 1.54) is 72.0 Å². The Morgan fingerprint density at radius 2 is 1.28 bits per heavy atom. The van der Waals surface area contributed by atoms with Crippen LogP contribution in [0, 0.1) is 12.8 Å². The fourth-order valence-corrected chi connectivity index (χ4v) is 7.78. The van der Waals surface area contributed by atoms with Gasteiger partial charge in [-0.3, -0.25) is 0 Å². The Balaban J connectivity index is 1.45. The largest absolute Gasteiger partial charge is 0.0801 e. The van der Waals surface area contributed by atoms with E-state index in [1.807, 2.05) is 0 Å². The average Bonchev–Trinajstić information content (AvgIpc) is 3.38. The fraction of sp³-hybridized carbons (Fsp3) is 0.116. The number of aryl methyl sites for hydroxylation is 1. The van der Waals surface area contributed by atoms with Crippen molar-refractivity contribution >= 4 is 10.8 Å². The fourth-order valence-electron chi connectivity index (χ4n) is 7.78. The van der Waals surface area contributed by atoms with Gasteiger partial charge in [-0.1, -0.05) is 158 Å². The van der Waals surface area contributed by atoms with Gasteiger partial charge < -0.3 is 0 Å². The van der Waals surface area contributed by atoms with Crippen LogP contribution in [0.3, 0.4) is 0 Å². The highest BCUT2D eigenvalue weighted by Gasteiger charge is 2.48.